The maximum absolute atomic E-state index is 11.9. The van der Waals surface area contributed by atoms with Crippen LogP contribution in [0.2, 0.25) is 10.0 Å². The fraction of sp³-hybridized carbons (Fsp3) is 0.133. The summed E-state index contributed by atoms with van der Waals surface area (Å²) < 4.78 is 1.55. The van der Waals surface area contributed by atoms with Gasteiger partial charge in [0.05, 0.1) is 10.0 Å². The Balaban J connectivity index is 2.06. The summed E-state index contributed by atoms with van der Waals surface area (Å²) in [6, 6.07) is 6.19. The number of phenolic OH excluding ortho intramolecular Hbond substituents is 1. The standard InChI is InChI=1S/C15H12Cl2N4O2/c1-2-21-12(22)4-3-8-7-18-15(20-14(8)21)19-9-5-10(16)13(23)11(17)6-9/h3-7,23H,2H2,1H3,(H,18,19,20). The highest BCUT2D eigenvalue weighted by Crippen LogP contribution is 2.35. The molecule has 0 aliphatic rings. The van der Waals surface area contributed by atoms with Gasteiger partial charge in [-0.2, -0.15) is 4.98 Å². The van der Waals surface area contributed by atoms with E-state index in [4.69, 9.17) is 23.2 Å². The van der Waals surface area contributed by atoms with Crippen molar-refractivity contribution in [2.75, 3.05) is 5.32 Å². The molecule has 0 bridgehead atoms. The molecule has 0 radical (unpaired) electrons. The van der Waals surface area contributed by atoms with E-state index in [1.165, 1.54) is 18.2 Å². The van der Waals surface area contributed by atoms with Crippen molar-refractivity contribution < 1.29 is 5.11 Å². The highest BCUT2D eigenvalue weighted by Gasteiger charge is 2.09. The first-order valence-electron chi connectivity index (χ1n) is 6.81. The summed E-state index contributed by atoms with van der Waals surface area (Å²) >= 11 is 11.8. The Morgan fingerprint density at radius 3 is 2.61 bits per heavy atom. The van der Waals surface area contributed by atoms with E-state index in [9.17, 15) is 9.90 Å². The molecule has 0 fully saturated rings. The summed E-state index contributed by atoms with van der Waals surface area (Å²) in [6.07, 6.45) is 1.62. The molecule has 118 valence electrons. The van der Waals surface area contributed by atoms with E-state index in [1.54, 1.807) is 16.8 Å². The van der Waals surface area contributed by atoms with Crippen molar-refractivity contribution >= 4 is 45.9 Å². The molecule has 2 heterocycles. The van der Waals surface area contributed by atoms with Crippen LogP contribution < -0.4 is 10.9 Å². The summed E-state index contributed by atoms with van der Waals surface area (Å²) in [6.45, 7) is 2.37. The van der Waals surface area contributed by atoms with Crippen LogP contribution in [-0.4, -0.2) is 19.6 Å². The average molecular weight is 351 g/mol. The summed E-state index contributed by atoms with van der Waals surface area (Å²) in [5, 5.41) is 13.5. The maximum Gasteiger partial charge on any atom is 0.252 e. The minimum Gasteiger partial charge on any atom is -0.505 e. The van der Waals surface area contributed by atoms with Crippen LogP contribution in [0.5, 0.6) is 5.75 Å². The van der Waals surface area contributed by atoms with Gasteiger partial charge in [-0.3, -0.25) is 9.36 Å². The lowest BCUT2D eigenvalue weighted by molar-refractivity contribution is 0.476. The fourth-order valence-electron chi connectivity index (χ4n) is 2.20. The van der Waals surface area contributed by atoms with Gasteiger partial charge in [0.25, 0.3) is 5.56 Å². The van der Waals surface area contributed by atoms with E-state index in [0.717, 1.165) is 5.39 Å². The number of benzene rings is 1. The van der Waals surface area contributed by atoms with Crippen LogP contribution in [0.3, 0.4) is 0 Å². The minimum atomic E-state index is -0.182. The van der Waals surface area contributed by atoms with Crippen molar-refractivity contribution in [2.45, 2.75) is 13.5 Å². The lowest BCUT2D eigenvalue weighted by Gasteiger charge is -2.10. The van der Waals surface area contributed by atoms with Gasteiger partial charge in [0.15, 0.2) is 5.75 Å². The smallest absolute Gasteiger partial charge is 0.252 e. The molecule has 0 atom stereocenters. The molecule has 0 amide bonds. The van der Waals surface area contributed by atoms with E-state index in [0.29, 0.717) is 23.8 Å². The molecular weight excluding hydrogens is 339 g/mol. The molecule has 0 unspecified atom stereocenters. The molecule has 3 aromatic rings. The SMILES string of the molecule is CCn1c(=O)ccc2cnc(Nc3cc(Cl)c(O)c(Cl)c3)nc21. The van der Waals surface area contributed by atoms with Crippen LogP contribution in [0.15, 0.2) is 35.3 Å². The highest BCUT2D eigenvalue weighted by molar-refractivity contribution is 6.37. The molecule has 8 heteroatoms. The quantitative estimate of drug-likeness (QED) is 0.705. The Morgan fingerprint density at radius 1 is 1.26 bits per heavy atom. The number of hydrogen-bond acceptors (Lipinski definition) is 5. The number of nitrogens with one attached hydrogen (secondary N) is 1. The van der Waals surface area contributed by atoms with Crippen molar-refractivity contribution in [1.82, 2.24) is 14.5 Å². The molecule has 0 aliphatic carbocycles. The third-order valence-corrected chi connectivity index (χ3v) is 3.89. The Bertz CT molecular complexity index is 933. The number of aromatic nitrogens is 3. The number of aryl methyl sites for hydroxylation is 1. The van der Waals surface area contributed by atoms with E-state index < -0.39 is 0 Å². The fourth-order valence-corrected chi connectivity index (χ4v) is 2.69. The topological polar surface area (TPSA) is 80.0 Å². The van der Waals surface area contributed by atoms with Crippen LogP contribution in [0, 0.1) is 0 Å². The van der Waals surface area contributed by atoms with Gasteiger partial charge >= 0.3 is 0 Å². The van der Waals surface area contributed by atoms with Gasteiger partial charge in [0, 0.05) is 29.9 Å². The second-order valence-corrected chi connectivity index (χ2v) is 5.62. The first kappa shape index (κ1) is 15.6. The van der Waals surface area contributed by atoms with Crippen LogP contribution in [0.4, 0.5) is 11.6 Å². The summed E-state index contributed by atoms with van der Waals surface area (Å²) in [5.74, 6) is 0.112. The van der Waals surface area contributed by atoms with Crippen molar-refractivity contribution in [3.63, 3.8) is 0 Å². The summed E-state index contributed by atoms with van der Waals surface area (Å²) in [7, 11) is 0. The Hall–Kier alpha value is -2.31. The Labute approximate surface area is 141 Å². The van der Waals surface area contributed by atoms with Crippen LogP contribution in [0.1, 0.15) is 6.92 Å². The lowest BCUT2D eigenvalue weighted by atomic mass is 10.3. The largest absolute Gasteiger partial charge is 0.505 e. The van der Waals surface area contributed by atoms with Crippen molar-refractivity contribution in [3.8, 4) is 5.75 Å². The van der Waals surface area contributed by atoms with E-state index in [-0.39, 0.29) is 21.4 Å². The van der Waals surface area contributed by atoms with Crippen molar-refractivity contribution in [3.05, 3.63) is 50.9 Å². The molecule has 2 N–H and O–H groups in total. The minimum absolute atomic E-state index is 0.117. The predicted molar refractivity (Wildman–Crippen MR) is 90.9 cm³/mol. The number of rotatable bonds is 3. The molecule has 3 rings (SSSR count). The van der Waals surface area contributed by atoms with Gasteiger partial charge in [-0.25, -0.2) is 4.98 Å². The zero-order valence-electron chi connectivity index (χ0n) is 12.0. The first-order valence-corrected chi connectivity index (χ1v) is 7.57. The number of halogens is 2. The maximum atomic E-state index is 11.9. The van der Waals surface area contributed by atoms with Gasteiger partial charge in [-0.15, -0.1) is 0 Å². The second-order valence-electron chi connectivity index (χ2n) is 4.80. The average Bonchev–Trinajstić information content (AvgIpc) is 2.52. The summed E-state index contributed by atoms with van der Waals surface area (Å²) in [5.41, 5.74) is 0.937. The van der Waals surface area contributed by atoms with E-state index >= 15 is 0 Å². The van der Waals surface area contributed by atoms with Gasteiger partial charge < -0.3 is 10.4 Å². The number of aromatic hydroxyl groups is 1. The molecule has 0 aliphatic heterocycles. The van der Waals surface area contributed by atoms with Gasteiger partial charge in [-0.05, 0) is 25.1 Å². The molecule has 1 aromatic carbocycles. The number of pyridine rings is 1. The van der Waals surface area contributed by atoms with Gasteiger partial charge in [0.2, 0.25) is 5.95 Å². The predicted octanol–water partition coefficient (Wildman–Crippen LogP) is 3.57. The zero-order chi connectivity index (χ0) is 16.6. The molecule has 6 nitrogen and oxygen atoms in total. The lowest BCUT2D eigenvalue weighted by Crippen LogP contribution is -2.19. The van der Waals surface area contributed by atoms with E-state index in [1.807, 2.05) is 6.92 Å². The number of nitrogens with zero attached hydrogens (tertiary/aromatic N) is 3. The molecule has 0 saturated carbocycles. The number of phenols is 1. The van der Waals surface area contributed by atoms with Crippen molar-refractivity contribution in [1.29, 1.82) is 0 Å². The zero-order valence-corrected chi connectivity index (χ0v) is 13.6. The second kappa shape index (κ2) is 6.06. The molecule has 0 spiro atoms. The van der Waals surface area contributed by atoms with Crippen LogP contribution >= 0.6 is 23.2 Å². The third-order valence-electron chi connectivity index (χ3n) is 3.31. The summed E-state index contributed by atoms with van der Waals surface area (Å²) in [4.78, 5) is 20.5. The van der Waals surface area contributed by atoms with Crippen molar-refractivity contribution in [2.24, 2.45) is 0 Å². The van der Waals surface area contributed by atoms with E-state index in [2.05, 4.69) is 15.3 Å². The number of fused-ring (bicyclic) bond motifs is 1. The third kappa shape index (κ3) is 2.95. The van der Waals surface area contributed by atoms with Gasteiger partial charge in [-0.1, -0.05) is 23.2 Å². The normalized spacial score (nSPS) is 10.9. The van der Waals surface area contributed by atoms with Gasteiger partial charge in [0.1, 0.15) is 5.65 Å². The molecule has 0 saturated heterocycles. The van der Waals surface area contributed by atoms with Crippen LogP contribution in [-0.2, 0) is 6.54 Å². The Kier molecular flexibility index (Phi) is 4.11. The Morgan fingerprint density at radius 2 is 1.96 bits per heavy atom. The number of anilines is 2. The highest BCUT2D eigenvalue weighted by atomic mass is 35.5. The van der Waals surface area contributed by atoms with Crippen LogP contribution in [0.25, 0.3) is 11.0 Å². The molecular formula is C15H12Cl2N4O2. The molecule has 2 aromatic heterocycles. The monoisotopic (exact) mass is 350 g/mol. The molecule has 23 heavy (non-hydrogen) atoms. The first-order chi connectivity index (χ1) is 11.0. The number of hydrogen-bond donors (Lipinski definition) is 2.